The monoisotopic (exact) mass is 274 g/mol. The number of ether oxygens (including phenoxy) is 2. The molecule has 0 heterocycles. The van der Waals surface area contributed by atoms with Gasteiger partial charge < -0.3 is 14.6 Å². The van der Waals surface area contributed by atoms with Crippen molar-refractivity contribution < 1.29 is 19.4 Å². The van der Waals surface area contributed by atoms with Gasteiger partial charge in [-0.3, -0.25) is 0 Å². The second kappa shape index (κ2) is 6.80. The first-order valence-electron chi connectivity index (χ1n) is 6.61. The van der Waals surface area contributed by atoms with Crippen LogP contribution < -0.4 is 9.47 Å². The van der Waals surface area contributed by atoms with Crippen molar-refractivity contribution in [2.45, 2.75) is 25.4 Å². The van der Waals surface area contributed by atoms with E-state index in [1.165, 1.54) is 6.08 Å². The summed E-state index contributed by atoms with van der Waals surface area (Å²) >= 11 is 0. The second-order valence-electron chi connectivity index (χ2n) is 4.59. The highest BCUT2D eigenvalue weighted by Crippen LogP contribution is 2.28. The van der Waals surface area contributed by atoms with E-state index in [9.17, 15) is 4.79 Å². The topological polar surface area (TPSA) is 55.8 Å². The third kappa shape index (κ3) is 3.88. The van der Waals surface area contributed by atoms with Crippen LogP contribution in [-0.2, 0) is 4.79 Å². The van der Waals surface area contributed by atoms with Crippen molar-refractivity contribution in [1.29, 1.82) is 0 Å². The fourth-order valence-corrected chi connectivity index (χ4v) is 2.08. The van der Waals surface area contributed by atoms with Gasteiger partial charge in [0.2, 0.25) is 0 Å². The van der Waals surface area contributed by atoms with Crippen LogP contribution in [0.1, 0.15) is 24.8 Å². The van der Waals surface area contributed by atoms with Crippen molar-refractivity contribution in [2.24, 2.45) is 0 Å². The summed E-state index contributed by atoms with van der Waals surface area (Å²) in [5.41, 5.74) is 0.729. The van der Waals surface area contributed by atoms with Crippen LogP contribution in [0, 0.1) is 0 Å². The molecule has 0 aliphatic heterocycles. The number of hydrogen-bond donors (Lipinski definition) is 1. The normalized spacial score (nSPS) is 18.1. The number of carbonyl (C=O) groups is 1. The summed E-state index contributed by atoms with van der Waals surface area (Å²) < 4.78 is 11.1. The predicted octanol–water partition coefficient (Wildman–Crippen LogP) is 3.28. The molecule has 1 unspecified atom stereocenters. The molecule has 4 nitrogen and oxygen atoms in total. The summed E-state index contributed by atoms with van der Waals surface area (Å²) in [6.07, 6.45) is 9.99. The molecule has 0 bridgehead atoms. The summed E-state index contributed by atoms with van der Waals surface area (Å²) in [6, 6.07) is 5.36. The molecule has 20 heavy (non-hydrogen) atoms. The van der Waals surface area contributed by atoms with E-state index in [1.54, 1.807) is 25.3 Å². The van der Waals surface area contributed by atoms with Crippen LogP contribution in [0.25, 0.3) is 6.08 Å². The third-order valence-corrected chi connectivity index (χ3v) is 3.11. The van der Waals surface area contributed by atoms with Gasteiger partial charge in [-0.25, -0.2) is 4.79 Å². The van der Waals surface area contributed by atoms with Crippen LogP contribution >= 0.6 is 0 Å². The van der Waals surface area contributed by atoms with Gasteiger partial charge in [-0.05, 0) is 43.5 Å². The van der Waals surface area contributed by atoms with Gasteiger partial charge in [0.25, 0.3) is 0 Å². The van der Waals surface area contributed by atoms with E-state index in [4.69, 9.17) is 14.6 Å². The van der Waals surface area contributed by atoms with E-state index in [2.05, 4.69) is 6.08 Å². The maximum Gasteiger partial charge on any atom is 0.328 e. The van der Waals surface area contributed by atoms with Gasteiger partial charge in [0.05, 0.1) is 7.11 Å². The lowest BCUT2D eigenvalue weighted by atomic mass is 10.1. The standard InChI is InChI=1S/C16H18O4/c1-19-14-9-7-12(8-10-16(17)18)15(11-14)20-13-5-3-2-4-6-13/h3,5,7-11,13H,2,4,6H2,1H3,(H,17,18)/b10-8+. The quantitative estimate of drug-likeness (QED) is 0.661. The SMILES string of the molecule is COc1ccc(/C=C/C(=O)O)c(OC2C=CCCC2)c1. The molecule has 0 aromatic heterocycles. The fraction of sp³-hybridized carbons (Fsp3) is 0.312. The summed E-state index contributed by atoms with van der Waals surface area (Å²) in [5, 5.41) is 8.72. The van der Waals surface area contributed by atoms with E-state index in [0.29, 0.717) is 11.5 Å². The molecule has 1 aromatic carbocycles. The van der Waals surface area contributed by atoms with Gasteiger partial charge in [0, 0.05) is 17.7 Å². The van der Waals surface area contributed by atoms with Crippen molar-refractivity contribution in [2.75, 3.05) is 7.11 Å². The summed E-state index contributed by atoms with van der Waals surface area (Å²) in [7, 11) is 1.59. The van der Waals surface area contributed by atoms with Crippen LogP contribution in [0.5, 0.6) is 11.5 Å². The van der Waals surface area contributed by atoms with E-state index in [1.807, 2.05) is 6.08 Å². The molecule has 2 rings (SSSR count). The van der Waals surface area contributed by atoms with Crippen molar-refractivity contribution in [3.05, 3.63) is 42.0 Å². The smallest absolute Gasteiger partial charge is 0.328 e. The number of aliphatic carboxylic acids is 1. The fourth-order valence-electron chi connectivity index (χ4n) is 2.08. The minimum absolute atomic E-state index is 0.0350. The Hall–Kier alpha value is -2.23. The van der Waals surface area contributed by atoms with Crippen LogP contribution in [-0.4, -0.2) is 24.3 Å². The molecule has 0 radical (unpaired) electrons. The number of carboxylic acid groups (broad SMARTS) is 1. The molecule has 1 aromatic rings. The second-order valence-corrected chi connectivity index (χ2v) is 4.59. The summed E-state index contributed by atoms with van der Waals surface area (Å²) in [6.45, 7) is 0. The van der Waals surface area contributed by atoms with Gasteiger partial charge in [0.1, 0.15) is 17.6 Å². The average Bonchev–Trinajstić information content (AvgIpc) is 2.46. The van der Waals surface area contributed by atoms with Crippen LogP contribution in [0.15, 0.2) is 36.4 Å². The Bertz CT molecular complexity index is 531. The molecule has 1 aliphatic carbocycles. The van der Waals surface area contributed by atoms with E-state index in [-0.39, 0.29) is 6.10 Å². The molecule has 1 atom stereocenters. The highest BCUT2D eigenvalue weighted by molar-refractivity contribution is 5.86. The molecule has 4 heteroatoms. The lowest BCUT2D eigenvalue weighted by Gasteiger charge is -2.20. The maximum absolute atomic E-state index is 10.6. The first kappa shape index (κ1) is 14.2. The molecule has 0 spiro atoms. The summed E-state index contributed by atoms with van der Waals surface area (Å²) in [4.78, 5) is 10.6. The minimum atomic E-state index is -0.982. The molecule has 0 saturated carbocycles. The van der Waals surface area contributed by atoms with Crippen molar-refractivity contribution >= 4 is 12.0 Å². The number of carboxylic acids is 1. The van der Waals surface area contributed by atoms with Gasteiger partial charge in [0.15, 0.2) is 0 Å². The molecule has 0 fully saturated rings. The summed E-state index contributed by atoms with van der Waals surface area (Å²) in [5.74, 6) is 0.343. The van der Waals surface area contributed by atoms with E-state index >= 15 is 0 Å². The minimum Gasteiger partial charge on any atom is -0.497 e. The zero-order chi connectivity index (χ0) is 14.4. The Morgan fingerprint density at radius 1 is 1.45 bits per heavy atom. The Morgan fingerprint density at radius 2 is 2.30 bits per heavy atom. The van der Waals surface area contributed by atoms with Gasteiger partial charge >= 0.3 is 5.97 Å². The molecule has 1 aliphatic rings. The van der Waals surface area contributed by atoms with Gasteiger partial charge in [-0.2, -0.15) is 0 Å². The molecule has 0 saturated heterocycles. The van der Waals surface area contributed by atoms with Crippen LogP contribution in [0.4, 0.5) is 0 Å². The Balaban J connectivity index is 2.24. The van der Waals surface area contributed by atoms with Crippen molar-refractivity contribution in [3.63, 3.8) is 0 Å². The molecule has 1 N–H and O–H groups in total. The maximum atomic E-state index is 10.6. The first-order chi connectivity index (χ1) is 9.69. The zero-order valence-corrected chi connectivity index (χ0v) is 11.4. The zero-order valence-electron chi connectivity index (χ0n) is 11.4. The highest BCUT2D eigenvalue weighted by Gasteiger charge is 2.12. The number of allylic oxidation sites excluding steroid dienone is 1. The van der Waals surface area contributed by atoms with Crippen molar-refractivity contribution in [1.82, 2.24) is 0 Å². The molecule has 106 valence electrons. The van der Waals surface area contributed by atoms with Gasteiger partial charge in [-0.1, -0.05) is 6.08 Å². The average molecular weight is 274 g/mol. The predicted molar refractivity (Wildman–Crippen MR) is 77.1 cm³/mol. The number of hydrogen-bond acceptors (Lipinski definition) is 3. The lowest BCUT2D eigenvalue weighted by molar-refractivity contribution is -0.131. The van der Waals surface area contributed by atoms with Crippen LogP contribution in [0.3, 0.4) is 0 Å². The van der Waals surface area contributed by atoms with Crippen LogP contribution in [0.2, 0.25) is 0 Å². The van der Waals surface area contributed by atoms with E-state index in [0.717, 1.165) is 30.9 Å². The highest BCUT2D eigenvalue weighted by atomic mass is 16.5. The molecule has 0 amide bonds. The Labute approximate surface area is 118 Å². The molecular formula is C16H18O4. The third-order valence-electron chi connectivity index (χ3n) is 3.11. The first-order valence-corrected chi connectivity index (χ1v) is 6.61. The van der Waals surface area contributed by atoms with Crippen molar-refractivity contribution in [3.8, 4) is 11.5 Å². The number of benzene rings is 1. The number of rotatable bonds is 5. The Kier molecular flexibility index (Phi) is 4.82. The largest absolute Gasteiger partial charge is 0.497 e. The van der Waals surface area contributed by atoms with Gasteiger partial charge in [-0.15, -0.1) is 0 Å². The Morgan fingerprint density at radius 3 is 2.95 bits per heavy atom. The molecular weight excluding hydrogens is 256 g/mol. The lowest BCUT2D eigenvalue weighted by Crippen LogP contribution is -2.16. The van der Waals surface area contributed by atoms with E-state index < -0.39 is 5.97 Å². The number of methoxy groups -OCH3 is 1.